The fourth-order valence-corrected chi connectivity index (χ4v) is 2.55. The average Bonchev–Trinajstić information content (AvgIpc) is 2.19. The maximum atomic E-state index is 6.19. The molecule has 14 heavy (non-hydrogen) atoms. The molecule has 2 aliphatic carbocycles. The van der Waals surface area contributed by atoms with Crippen LogP contribution in [0.15, 0.2) is 36.5 Å². The third-order valence-electron chi connectivity index (χ3n) is 3.51. The highest BCUT2D eigenvalue weighted by molar-refractivity contribution is 5.21. The van der Waals surface area contributed by atoms with E-state index in [0.717, 1.165) is 19.3 Å². The molecular weight excluding hydrogens is 170 g/mol. The quantitative estimate of drug-likeness (QED) is 0.631. The normalized spacial score (nSPS) is 41.6. The average molecular weight is 189 g/mol. The maximum Gasteiger partial charge on any atom is 0.0113 e. The van der Waals surface area contributed by atoms with Crippen LogP contribution in [0.25, 0.3) is 0 Å². The minimum atomic E-state index is 0.241. The molecule has 1 heteroatoms. The molecule has 0 fully saturated rings. The molecule has 0 heterocycles. The number of hydrogen-bond donors (Lipinski definition) is 1. The van der Waals surface area contributed by atoms with Crippen LogP contribution in [0.2, 0.25) is 0 Å². The number of nitrogens with two attached hydrogens (primary N) is 1. The van der Waals surface area contributed by atoms with Gasteiger partial charge in [0.2, 0.25) is 0 Å². The molecule has 0 spiro atoms. The molecule has 0 bridgehead atoms. The Morgan fingerprint density at radius 1 is 1.29 bits per heavy atom. The Morgan fingerprint density at radius 2 is 2.14 bits per heavy atom. The van der Waals surface area contributed by atoms with Crippen LogP contribution >= 0.6 is 0 Å². The lowest BCUT2D eigenvalue weighted by molar-refractivity contribution is 0.251. The molecule has 3 atom stereocenters. The van der Waals surface area contributed by atoms with Crippen molar-refractivity contribution in [2.24, 2.45) is 17.1 Å². The van der Waals surface area contributed by atoms with E-state index in [1.54, 1.807) is 0 Å². The van der Waals surface area contributed by atoms with E-state index >= 15 is 0 Å². The molecule has 0 amide bonds. The maximum absolute atomic E-state index is 6.19. The Morgan fingerprint density at radius 3 is 2.79 bits per heavy atom. The van der Waals surface area contributed by atoms with Crippen molar-refractivity contribution in [2.45, 2.75) is 32.2 Å². The predicted octanol–water partition coefficient (Wildman–Crippen LogP) is 2.80. The van der Waals surface area contributed by atoms with E-state index in [0.29, 0.717) is 12.0 Å². The van der Waals surface area contributed by atoms with Gasteiger partial charge in [0.25, 0.3) is 0 Å². The van der Waals surface area contributed by atoms with Crippen molar-refractivity contribution in [3.8, 4) is 0 Å². The summed E-state index contributed by atoms with van der Waals surface area (Å²) in [6.07, 6.45) is 16.8. The fraction of sp³-hybridized carbons (Fsp3) is 0.538. The lowest BCUT2D eigenvalue weighted by atomic mass is 9.67. The Labute approximate surface area is 86.4 Å². The summed E-state index contributed by atoms with van der Waals surface area (Å²) in [7, 11) is 0. The SMILES string of the molecule is CC1(C2C=CCCC2N)C=CC=CC1. The topological polar surface area (TPSA) is 26.0 Å². The van der Waals surface area contributed by atoms with Crippen molar-refractivity contribution >= 4 is 0 Å². The van der Waals surface area contributed by atoms with E-state index in [4.69, 9.17) is 5.73 Å². The second kappa shape index (κ2) is 3.74. The van der Waals surface area contributed by atoms with Crippen LogP contribution in [-0.2, 0) is 0 Å². The van der Waals surface area contributed by atoms with Crippen LogP contribution in [0.3, 0.4) is 0 Å². The molecule has 2 aliphatic rings. The number of rotatable bonds is 1. The number of hydrogen-bond acceptors (Lipinski definition) is 1. The van der Waals surface area contributed by atoms with Crippen LogP contribution in [0.4, 0.5) is 0 Å². The predicted molar refractivity (Wildman–Crippen MR) is 60.8 cm³/mol. The second-order valence-corrected chi connectivity index (χ2v) is 4.69. The largest absolute Gasteiger partial charge is 0.327 e. The van der Waals surface area contributed by atoms with Crippen molar-refractivity contribution in [1.82, 2.24) is 0 Å². The third kappa shape index (κ3) is 1.69. The Hall–Kier alpha value is -0.820. The van der Waals surface area contributed by atoms with Gasteiger partial charge in [0.1, 0.15) is 0 Å². The first-order valence-corrected chi connectivity index (χ1v) is 5.49. The molecule has 0 aromatic carbocycles. The van der Waals surface area contributed by atoms with Crippen molar-refractivity contribution in [2.75, 3.05) is 0 Å². The van der Waals surface area contributed by atoms with Crippen molar-refractivity contribution < 1.29 is 0 Å². The minimum absolute atomic E-state index is 0.241. The summed E-state index contributed by atoms with van der Waals surface area (Å²) in [5.74, 6) is 0.512. The van der Waals surface area contributed by atoms with E-state index in [9.17, 15) is 0 Å². The molecule has 0 aromatic heterocycles. The highest BCUT2D eigenvalue weighted by atomic mass is 14.7. The summed E-state index contributed by atoms with van der Waals surface area (Å²) in [6.45, 7) is 2.31. The zero-order valence-electron chi connectivity index (χ0n) is 8.82. The standard InChI is InChI=1S/C13H19N/c1-13(9-5-2-6-10-13)11-7-3-4-8-12(11)14/h2-3,5-7,9,11-12H,4,8,10,14H2,1H3. The molecule has 76 valence electrons. The van der Waals surface area contributed by atoms with Gasteiger partial charge in [-0.05, 0) is 24.7 Å². The van der Waals surface area contributed by atoms with Crippen LogP contribution in [0.5, 0.6) is 0 Å². The van der Waals surface area contributed by atoms with Gasteiger partial charge in [-0.1, -0.05) is 43.4 Å². The lowest BCUT2D eigenvalue weighted by Crippen LogP contribution is -2.40. The van der Waals surface area contributed by atoms with E-state index in [2.05, 4.69) is 43.4 Å². The zero-order valence-corrected chi connectivity index (χ0v) is 8.82. The molecule has 0 saturated heterocycles. The van der Waals surface area contributed by atoms with E-state index in [1.165, 1.54) is 0 Å². The highest BCUT2D eigenvalue weighted by Crippen LogP contribution is 2.40. The molecule has 2 rings (SSSR count). The number of allylic oxidation sites excluding steroid dienone is 5. The van der Waals surface area contributed by atoms with E-state index in [1.807, 2.05) is 0 Å². The summed E-state index contributed by atoms with van der Waals surface area (Å²) in [4.78, 5) is 0. The third-order valence-corrected chi connectivity index (χ3v) is 3.51. The van der Waals surface area contributed by atoms with E-state index in [-0.39, 0.29) is 5.41 Å². The summed E-state index contributed by atoms with van der Waals surface area (Å²) < 4.78 is 0. The molecular formula is C13H19N. The Kier molecular flexibility index (Phi) is 2.60. The van der Waals surface area contributed by atoms with Gasteiger partial charge in [-0.15, -0.1) is 0 Å². The Balaban J connectivity index is 2.20. The molecule has 0 aliphatic heterocycles. The van der Waals surface area contributed by atoms with Crippen molar-refractivity contribution in [3.05, 3.63) is 36.5 Å². The lowest BCUT2D eigenvalue weighted by Gasteiger charge is -2.39. The van der Waals surface area contributed by atoms with Gasteiger partial charge in [0.05, 0.1) is 0 Å². The molecule has 3 unspecified atom stereocenters. The first kappa shape index (κ1) is 9.72. The zero-order chi connectivity index (χ0) is 10.0. The van der Waals surface area contributed by atoms with Gasteiger partial charge in [0, 0.05) is 12.0 Å². The van der Waals surface area contributed by atoms with Crippen LogP contribution in [-0.4, -0.2) is 6.04 Å². The fourth-order valence-electron chi connectivity index (χ4n) is 2.55. The first-order valence-electron chi connectivity index (χ1n) is 5.49. The van der Waals surface area contributed by atoms with Crippen molar-refractivity contribution in [3.63, 3.8) is 0 Å². The first-order chi connectivity index (χ1) is 6.72. The Bertz CT molecular complexity index is 288. The van der Waals surface area contributed by atoms with Gasteiger partial charge >= 0.3 is 0 Å². The second-order valence-electron chi connectivity index (χ2n) is 4.69. The minimum Gasteiger partial charge on any atom is -0.327 e. The summed E-state index contributed by atoms with van der Waals surface area (Å²) in [5, 5.41) is 0. The monoisotopic (exact) mass is 189 g/mol. The van der Waals surface area contributed by atoms with Crippen LogP contribution < -0.4 is 5.73 Å². The summed E-state index contributed by atoms with van der Waals surface area (Å²) in [6, 6.07) is 0.334. The van der Waals surface area contributed by atoms with Crippen LogP contribution in [0.1, 0.15) is 26.2 Å². The van der Waals surface area contributed by atoms with Gasteiger partial charge in [0.15, 0.2) is 0 Å². The van der Waals surface area contributed by atoms with Gasteiger partial charge in [-0.2, -0.15) is 0 Å². The van der Waals surface area contributed by atoms with E-state index < -0.39 is 0 Å². The molecule has 2 N–H and O–H groups in total. The highest BCUT2D eigenvalue weighted by Gasteiger charge is 2.34. The molecule has 0 aromatic rings. The molecule has 0 saturated carbocycles. The summed E-state index contributed by atoms with van der Waals surface area (Å²) in [5.41, 5.74) is 6.43. The smallest absolute Gasteiger partial charge is 0.0113 e. The molecule has 0 radical (unpaired) electrons. The summed E-state index contributed by atoms with van der Waals surface area (Å²) >= 11 is 0. The van der Waals surface area contributed by atoms with Gasteiger partial charge in [-0.25, -0.2) is 0 Å². The van der Waals surface area contributed by atoms with Gasteiger partial charge < -0.3 is 5.73 Å². The van der Waals surface area contributed by atoms with Gasteiger partial charge in [-0.3, -0.25) is 0 Å². The van der Waals surface area contributed by atoms with Crippen LogP contribution in [0, 0.1) is 11.3 Å². The van der Waals surface area contributed by atoms with Crippen molar-refractivity contribution in [1.29, 1.82) is 0 Å². The molecule has 1 nitrogen and oxygen atoms in total.